The Morgan fingerprint density at radius 3 is 2.94 bits per heavy atom. The molecule has 1 amide bonds. The second-order valence-electron chi connectivity index (χ2n) is 3.33. The van der Waals surface area contributed by atoms with E-state index in [1.807, 2.05) is 0 Å². The molecule has 17 heavy (non-hydrogen) atoms. The predicted molar refractivity (Wildman–Crippen MR) is 62.1 cm³/mol. The first kappa shape index (κ1) is 13.4. The number of hydrogen-bond donors (Lipinski definition) is 2. The molecule has 0 saturated carbocycles. The van der Waals surface area contributed by atoms with E-state index in [0.29, 0.717) is 18.9 Å². The third kappa shape index (κ3) is 4.80. The molecule has 0 heterocycles. The van der Waals surface area contributed by atoms with Crippen molar-refractivity contribution in [1.82, 2.24) is 0 Å². The van der Waals surface area contributed by atoms with Crippen LogP contribution in [0.15, 0.2) is 18.2 Å². The molecule has 1 aromatic rings. The number of ether oxygens (including phenoxy) is 2. The molecule has 94 valence electrons. The highest BCUT2D eigenvalue weighted by Gasteiger charge is 2.06. The average Bonchev–Trinajstić information content (AvgIpc) is 2.29. The molecular formula is C11H15FN2O3. The van der Waals surface area contributed by atoms with Gasteiger partial charge in [0.1, 0.15) is 12.4 Å². The number of rotatable bonds is 6. The van der Waals surface area contributed by atoms with Gasteiger partial charge in [0.2, 0.25) is 5.91 Å². The summed E-state index contributed by atoms with van der Waals surface area (Å²) in [5, 5.41) is 2.46. The van der Waals surface area contributed by atoms with Gasteiger partial charge in [-0.15, -0.1) is 0 Å². The maximum atomic E-state index is 12.9. The topological polar surface area (TPSA) is 73.6 Å². The van der Waals surface area contributed by atoms with Crippen molar-refractivity contribution in [1.29, 1.82) is 0 Å². The summed E-state index contributed by atoms with van der Waals surface area (Å²) in [6.07, 6.45) is 0. The van der Waals surface area contributed by atoms with Crippen LogP contribution in [-0.2, 0) is 14.3 Å². The van der Waals surface area contributed by atoms with Crippen LogP contribution in [0.4, 0.5) is 15.8 Å². The van der Waals surface area contributed by atoms with E-state index in [1.54, 1.807) is 0 Å². The van der Waals surface area contributed by atoms with Crippen molar-refractivity contribution in [3.8, 4) is 0 Å². The highest BCUT2D eigenvalue weighted by atomic mass is 19.1. The fraction of sp³-hybridized carbons (Fsp3) is 0.364. The Kier molecular flexibility index (Phi) is 5.38. The Morgan fingerprint density at radius 1 is 1.47 bits per heavy atom. The first-order valence-corrected chi connectivity index (χ1v) is 5.05. The quantitative estimate of drug-likeness (QED) is 0.576. The van der Waals surface area contributed by atoms with Crippen LogP contribution in [0, 0.1) is 5.82 Å². The van der Waals surface area contributed by atoms with Crippen LogP contribution in [0.2, 0.25) is 0 Å². The van der Waals surface area contributed by atoms with Crippen LogP contribution >= 0.6 is 0 Å². The number of halogens is 1. The van der Waals surface area contributed by atoms with Gasteiger partial charge in [0.25, 0.3) is 0 Å². The molecule has 0 aliphatic carbocycles. The number of hydrogen-bond acceptors (Lipinski definition) is 4. The summed E-state index contributed by atoms with van der Waals surface area (Å²) in [4.78, 5) is 11.4. The minimum atomic E-state index is -0.463. The molecule has 0 aromatic heterocycles. The average molecular weight is 242 g/mol. The van der Waals surface area contributed by atoms with Crippen LogP contribution in [0.5, 0.6) is 0 Å². The SMILES string of the molecule is COCCOCC(=O)Nc1cc(F)ccc1N. The van der Waals surface area contributed by atoms with Crippen LogP contribution < -0.4 is 11.1 Å². The van der Waals surface area contributed by atoms with Gasteiger partial charge in [-0.05, 0) is 18.2 Å². The van der Waals surface area contributed by atoms with E-state index < -0.39 is 11.7 Å². The van der Waals surface area contributed by atoms with E-state index in [9.17, 15) is 9.18 Å². The van der Waals surface area contributed by atoms with Crippen LogP contribution in [0.1, 0.15) is 0 Å². The molecule has 5 nitrogen and oxygen atoms in total. The number of carbonyl (C=O) groups excluding carboxylic acids is 1. The van der Waals surface area contributed by atoms with E-state index in [1.165, 1.54) is 19.2 Å². The Hall–Kier alpha value is -1.66. The Balaban J connectivity index is 2.42. The molecule has 1 rings (SSSR count). The summed E-state index contributed by atoms with van der Waals surface area (Å²) in [5.74, 6) is -0.854. The molecule has 1 aromatic carbocycles. The summed E-state index contributed by atoms with van der Waals surface area (Å²) in [5.41, 5.74) is 6.12. The van der Waals surface area contributed by atoms with Crippen molar-refractivity contribution in [2.75, 3.05) is 38.0 Å². The van der Waals surface area contributed by atoms with E-state index in [2.05, 4.69) is 5.32 Å². The van der Waals surface area contributed by atoms with E-state index in [0.717, 1.165) is 6.07 Å². The first-order valence-electron chi connectivity index (χ1n) is 5.05. The van der Waals surface area contributed by atoms with E-state index >= 15 is 0 Å². The zero-order valence-electron chi connectivity index (χ0n) is 9.53. The second kappa shape index (κ2) is 6.82. The monoisotopic (exact) mass is 242 g/mol. The number of benzene rings is 1. The third-order valence-corrected chi connectivity index (χ3v) is 1.95. The number of methoxy groups -OCH3 is 1. The minimum absolute atomic E-state index is 0.126. The Labute approximate surface area is 98.7 Å². The van der Waals surface area contributed by atoms with Gasteiger partial charge >= 0.3 is 0 Å². The number of nitrogens with one attached hydrogen (secondary N) is 1. The summed E-state index contributed by atoms with van der Waals surface area (Å²) >= 11 is 0. The van der Waals surface area contributed by atoms with Gasteiger partial charge in [0.05, 0.1) is 24.6 Å². The predicted octanol–water partition coefficient (Wildman–Crippen LogP) is 1.01. The molecule has 0 bridgehead atoms. The summed E-state index contributed by atoms with van der Waals surface area (Å²) in [6, 6.07) is 3.76. The molecule has 0 spiro atoms. The molecule has 0 atom stereocenters. The highest BCUT2D eigenvalue weighted by molar-refractivity contribution is 5.94. The number of nitrogens with two attached hydrogens (primary N) is 1. The largest absolute Gasteiger partial charge is 0.397 e. The van der Waals surface area contributed by atoms with Gasteiger partial charge < -0.3 is 20.5 Å². The standard InChI is InChI=1S/C11H15FN2O3/c1-16-4-5-17-7-11(15)14-10-6-8(12)2-3-9(10)13/h2-3,6H,4-5,7,13H2,1H3,(H,14,15). The van der Waals surface area contributed by atoms with Gasteiger partial charge in [-0.1, -0.05) is 0 Å². The molecule has 0 radical (unpaired) electrons. The maximum absolute atomic E-state index is 12.9. The summed E-state index contributed by atoms with van der Waals surface area (Å²) in [6.45, 7) is 0.608. The minimum Gasteiger partial charge on any atom is -0.397 e. The lowest BCUT2D eigenvalue weighted by Gasteiger charge is -2.08. The zero-order valence-corrected chi connectivity index (χ0v) is 9.53. The maximum Gasteiger partial charge on any atom is 0.250 e. The second-order valence-corrected chi connectivity index (χ2v) is 3.33. The van der Waals surface area contributed by atoms with E-state index in [-0.39, 0.29) is 12.3 Å². The highest BCUT2D eigenvalue weighted by Crippen LogP contribution is 2.18. The van der Waals surface area contributed by atoms with Crippen molar-refractivity contribution in [2.45, 2.75) is 0 Å². The normalized spacial score (nSPS) is 10.2. The fourth-order valence-corrected chi connectivity index (χ4v) is 1.13. The lowest BCUT2D eigenvalue weighted by molar-refractivity contribution is -0.121. The zero-order chi connectivity index (χ0) is 12.7. The van der Waals surface area contributed by atoms with Crippen molar-refractivity contribution in [3.63, 3.8) is 0 Å². The number of anilines is 2. The summed E-state index contributed by atoms with van der Waals surface area (Å²) < 4.78 is 22.7. The molecule has 0 saturated heterocycles. The molecule has 0 aliphatic rings. The molecule has 0 fully saturated rings. The fourth-order valence-electron chi connectivity index (χ4n) is 1.13. The number of amides is 1. The van der Waals surface area contributed by atoms with Crippen LogP contribution in [0.25, 0.3) is 0 Å². The first-order chi connectivity index (χ1) is 8.13. The Bertz CT molecular complexity index is 385. The summed E-state index contributed by atoms with van der Waals surface area (Å²) in [7, 11) is 1.54. The number of nitrogen functional groups attached to an aromatic ring is 1. The Morgan fingerprint density at radius 2 is 2.24 bits per heavy atom. The number of carbonyl (C=O) groups is 1. The van der Waals surface area contributed by atoms with Gasteiger partial charge in [-0.2, -0.15) is 0 Å². The van der Waals surface area contributed by atoms with Crippen molar-refractivity contribution in [2.24, 2.45) is 0 Å². The smallest absolute Gasteiger partial charge is 0.250 e. The molecule has 3 N–H and O–H groups in total. The van der Waals surface area contributed by atoms with Crippen molar-refractivity contribution >= 4 is 17.3 Å². The third-order valence-electron chi connectivity index (χ3n) is 1.95. The molecular weight excluding hydrogens is 227 g/mol. The lowest BCUT2D eigenvalue weighted by Crippen LogP contribution is -2.20. The van der Waals surface area contributed by atoms with Crippen LogP contribution in [0.3, 0.4) is 0 Å². The van der Waals surface area contributed by atoms with Gasteiger partial charge in [-0.25, -0.2) is 4.39 Å². The van der Waals surface area contributed by atoms with Gasteiger partial charge in [0, 0.05) is 7.11 Å². The van der Waals surface area contributed by atoms with Crippen molar-refractivity contribution in [3.05, 3.63) is 24.0 Å². The van der Waals surface area contributed by atoms with E-state index in [4.69, 9.17) is 15.2 Å². The molecule has 6 heteroatoms. The van der Waals surface area contributed by atoms with Gasteiger partial charge in [0.15, 0.2) is 0 Å². The molecule has 0 aliphatic heterocycles. The molecule has 0 unspecified atom stereocenters. The van der Waals surface area contributed by atoms with Crippen LogP contribution in [-0.4, -0.2) is 32.8 Å². The van der Waals surface area contributed by atoms with Gasteiger partial charge in [-0.3, -0.25) is 4.79 Å². The van der Waals surface area contributed by atoms with Crippen molar-refractivity contribution < 1.29 is 18.7 Å². The lowest BCUT2D eigenvalue weighted by atomic mass is 10.2.